The average molecular weight is 250 g/mol. The Morgan fingerprint density at radius 2 is 1.94 bits per heavy atom. The van der Waals surface area contributed by atoms with Crippen LogP contribution in [-0.2, 0) is 11.2 Å². The summed E-state index contributed by atoms with van der Waals surface area (Å²) in [4.78, 5) is 11.4. The molecule has 0 spiro atoms. The van der Waals surface area contributed by atoms with Gasteiger partial charge in [0.25, 0.3) is 0 Å². The van der Waals surface area contributed by atoms with Gasteiger partial charge in [-0.15, -0.1) is 0 Å². The molecule has 0 aliphatic carbocycles. The molecule has 3 N–H and O–H groups in total. The predicted molar refractivity (Wildman–Crippen MR) is 66.3 cm³/mol. The van der Waals surface area contributed by atoms with Gasteiger partial charge in [-0.1, -0.05) is 30.3 Å². The number of ether oxygens (including phenoxy) is 1. The summed E-state index contributed by atoms with van der Waals surface area (Å²) in [7, 11) is 0. The van der Waals surface area contributed by atoms with Gasteiger partial charge in [0, 0.05) is 0 Å². The van der Waals surface area contributed by atoms with E-state index in [0.717, 1.165) is 10.6 Å². The molecule has 5 nitrogen and oxygen atoms in total. The minimum absolute atomic E-state index is 0.503. The van der Waals surface area contributed by atoms with Crippen molar-refractivity contribution in [3.05, 3.63) is 35.9 Å². The topological polar surface area (TPSA) is 75.8 Å². The first-order valence-corrected chi connectivity index (χ1v) is 5.91. The Labute approximate surface area is 106 Å². The molecule has 1 aliphatic rings. The highest BCUT2D eigenvalue weighted by Gasteiger charge is 2.58. The van der Waals surface area contributed by atoms with Crippen molar-refractivity contribution < 1.29 is 14.6 Å². The first-order valence-electron chi connectivity index (χ1n) is 5.91. The summed E-state index contributed by atoms with van der Waals surface area (Å²) >= 11 is 0. The second-order valence-corrected chi connectivity index (χ2v) is 4.98. The lowest BCUT2D eigenvalue weighted by Crippen LogP contribution is -2.57. The second-order valence-electron chi connectivity index (χ2n) is 4.98. The monoisotopic (exact) mass is 250 g/mol. The lowest BCUT2D eigenvalue weighted by molar-refractivity contribution is -0.139. The van der Waals surface area contributed by atoms with Crippen LogP contribution in [0.1, 0.15) is 25.8 Å². The number of nitrogens with two attached hydrogens (primary N) is 1. The molecule has 0 aromatic heterocycles. The molecular formula is C13H18N2O3. The summed E-state index contributed by atoms with van der Waals surface area (Å²) in [6.07, 6.45) is 0.508. The quantitative estimate of drug-likeness (QED) is 0.628. The normalized spacial score (nSPS) is 31.6. The summed E-state index contributed by atoms with van der Waals surface area (Å²) in [6.45, 7) is 3.18. The Bertz CT molecular complexity index is 447. The average Bonchev–Trinajstić information content (AvgIpc) is 2.50. The van der Waals surface area contributed by atoms with Gasteiger partial charge in [0.15, 0.2) is 11.3 Å². The predicted octanol–water partition coefficient (Wildman–Crippen LogP) is 1.41. The third-order valence-electron chi connectivity index (χ3n) is 3.71. The molecule has 2 atom stereocenters. The molecular weight excluding hydrogens is 232 g/mol. The zero-order valence-corrected chi connectivity index (χ0v) is 10.6. The van der Waals surface area contributed by atoms with Gasteiger partial charge in [0.2, 0.25) is 0 Å². The highest BCUT2D eigenvalue weighted by atomic mass is 16.6. The van der Waals surface area contributed by atoms with Crippen molar-refractivity contribution in [3.8, 4) is 0 Å². The molecule has 1 aromatic carbocycles. The molecule has 0 unspecified atom stereocenters. The fourth-order valence-electron chi connectivity index (χ4n) is 2.09. The molecule has 1 heterocycles. The van der Waals surface area contributed by atoms with Crippen LogP contribution in [-0.4, -0.2) is 27.5 Å². The van der Waals surface area contributed by atoms with Gasteiger partial charge in [-0.25, -0.2) is 15.6 Å². The molecule has 0 bridgehead atoms. The Kier molecular flexibility index (Phi) is 3.04. The minimum Gasteiger partial charge on any atom is -0.437 e. The summed E-state index contributed by atoms with van der Waals surface area (Å²) < 4.78 is 5.21. The fraction of sp³-hybridized carbons (Fsp3) is 0.462. The van der Waals surface area contributed by atoms with Crippen LogP contribution >= 0.6 is 0 Å². The maximum Gasteiger partial charge on any atom is 0.427 e. The number of benzene rings is 1. The van der Waals surface area contributed by atoms with Gasteiger partial charge in [-0.05, 0) is 32.3 Å². The van der Waals surface area contributed by atoms with Crippen molar-refractivity contribution in [2.45, 2.75) is 38.0 Å². The van der Waals surface area contributed by atoms with E-state index in [2.05, 4.69) is 0 Å². The highest BCUT2D eigenvalue weighted by molar-refractivity contribution is 5.71. The molecule has 98 valence electrons. The second kappa shape index (κ2) is 4.26. The van der Waals surface area contributed by atoms with Crippen LogP contribution in [0, 0.1) is 0 Å². The van der Waals surface area contributed by atoms with Gasteiger partial charge in [-0.3, -0.25) is 0 Å². The molecule has 5 heteroatoms. The summed E-state index contributed by atoms with van der Waals surface area (Å²) in [5.74, 6) is 5.51. The lowest BCUT2D eigenvalue weighted by Gasteiger charge is -2.35. The maximum absolute atomic E-state index is 11.4. The van der Waals surface area contributed by atoms with E-state index >= 15 is 0 Å². The number of cyclic esters (lactones) is 1. The van der Waals surface area contributed by atoms with Crippen LogP contribution in [0.5, 0.6) is 0 Å². The van der Waals surface area contributed by atoms with Crippen molar-refractivity contribution in [1.29, 1.82) is 0 Å². The summed E-state index contributed by atoms with van der Waals surface area (Å²) in [6, 6.07) is 9.83. The molecule has 0 saturated carbocycles. The van der Waals surface area contributed by atoms with E-state index in [0.29, 0.717) is 12.8 Å². The first kappa shape index (κ1) is 12.9. The van der Waals surface area contributed by atoms with Crippen LogP contribution in [0.15, 0.2) is 30.3 Å². The number of hydrogen-bond acceptors (Lipinski definition) is 4. The number of carbonyl (C=O) groups excluding carboxylic acids is 1. The van der Waals surface area contributed by atoms with Crippen molar-refractivity contribution in [2.75, 3.05) is 0 Å². The van der Waals surface area contributed by atoms with Crippen LogP contribution in [0.4, 0.5) is 4.79 Å². The smallest absolute Gasteiger partial charge is 0.427 e. The van der Waals surface area contributed by atoms with E-state index in [9.17, 15) is 9.90 Å². The maximum atomic E-state index is 11.4. The zero-order chi connectivity index (χ0) is 13.4. The molecule has 1 aromatic rings. The van der Waals surface area contributed by atoms with Gasteiger partial charge in [0.05, 0.1) is 0 Å². The van der Waals surface area contributed by atoms with Gasteiger partial charge in [-0.2, -0.15) is 0 Å². The van der Waals surface area contributed by atoms with Crippen molar-refractivity contribution in [3.63, 3.8) is 0 Å². The number of carbonyl (C=O) groups is 1. The largest absolute Gasteiger partial charge is 0.437 e. The van der Waals surface area contributed by atoms with Crippen LogP contribution in [0.2, 0.25) is 0 Å². The number of hydrogen-bond donors (Lipinski definition) is 2. The molecule has 1 amide bonds. The third-order valence-corrected chi connectivity index (χ3v) is 3.71. The highest BCUT2D eigenvalue weighted by Crippen LogP contribution is 2.38. The minimum atomic E-state index is -1.50. The Morgan fingerprint density at radius 3 is 2.44 bits per heavy atom. The molecule has 18 heavy (non-hydrogen) atoms. The molecule has 1 aliphatic heterocycles. The number of amides is 1. The van der Waals surface area contributed by atoms with Gasteiger partial charge < -0.3 is 9.84 Å². The number of rotatable bonds is 3. The molecule has 1 fully saturated rings. The standard InChI is InChI=1S/C13H18N2O3/c1-12(9-8-10-6-4-3-5-7-10)13(2,17)15(14)11(16)18-12/h3-7,17H,8-9,14H2,1-2H3/t12-,13+/m0/s1. The molecule has 1 saturated heterocycles. The Balaban J connectivity index is 2.11. The van der Waals surface area contributed by atoms with Crippen LogP contribution in [0.25, 0.3) is 0 Å². The van der Waals surface area contributed by atoms with Gasteiger partial charge in [0.1, 0.15) is 0 Å². The van der Waals surface area contributed by atoms with Crippen LogP contribution in [0.3, 0.4) is 0 Å². The fourth-order valence-corrected chi connectivity index (χ4v) is 2.09. The summed E-state index contributed by atoms with van der Waals surface area (Å²) in [5, 5.41) is 11.0. The van der Waals surface area contributed by atoms with E-state index in [-0.39, 0.29) is 0 Å². The van der Waals surface area contributed by atoms with E-state index < -0.39 is 17.4 Å². The van der Waals surface area contributed by atoms with Crippen molar-refractivity contribution >= 4 is 6.09 Å². The van der Waals surface area contributed by atoms with Crippen LogP contribution < -0.4 is 5.84 Å². The summed E-state index contributed by atoms with van der Waals surface area (Å²) in [5.41, 5.74) is -1.38. The Morgan fingerprint density at radius 1 is 1.33 bits per heavy atom. The van der Waals surface area contributed by atoms with Gasteiger partial charge >= 0.3 is 6.09 Å². The lowest BCUT2D eigenvalue weighted by atomic mass is 9.88. The number of nitrogens with zero attached hydrogens (tertiary/aromatic N) is 1. The number of aryl methyl sites for hydroxylation is 1. The first-order chi connectivity index (χ1) is 8.37. The van der Waals surface area contributed by atoms with E-state index in [1.165, 1.54) is 6.92 Å². The Hall–Kier alpha value is -1.59. The zero-order valence-electron chi connectivity index (χ0n) is 10.6. The molecule has 0 radical (unpaired) electrons. The van der Waals surface area contributed by atoms with E-state index in [4.69, 9.17) is 10.6 Å². The van der Waals surface area contributed by atoms with Crippen molar-refractivity contribution in [2.24, 2.45) is 5.84 Å². The SMILES string of the molecule is C[C@]1(O)N(N)C(=O)O[C@@]1(C)CCc1ccccc1. The third kappa shape index (κ3) is 1.95. The number of aliphatic hydroxyl groups is 1. The van der Waals surface area contributed by atoms with Crippen molar-refractivity contribution in [1.82, 2.24) is 5.01 Å². The number of hydrazine groups is 1. The van der Waals surface area contributed by atoms with E-state index in [1.54, 1.807) is 6.92 Å². The molecule has 2 rings (SSSR count). The van der Waals surface area contributed by atoms with E-state index in [1.807, 2.05) is 30.3 Å².